The van der Waals surface area contributed by atoms with Gasteiger partial charge in [-0.3, -0.25) is 24.0 Å². The van der Waals surface area contributed by atoms with E-state index in [9.17, 15) is 28.8 Å². The van der Waals surface area contributed by atoms with Crippen LogP contribution in [0.25, 0.3) is 0 Å². The van der Waals surface area contributed by atoms with Gasteiger partial charge in [-0.25, -0.2) is 4.79 Å². The largest absolute Gasteiger partial charge is 0.356 e. The zero-order chi connectivity index (χ0) is 19.5. The highest BCUT2D eigenvalue weighted by Crippen LogP contribution is 2.12. The number of rotatable bonds is 10. The van der Waals surface area contributed by atoms with E-state index < -0.39 is 17.8 Å². The molecule has 1 aliphatic heterocycles. The highest BCUT2D eigenvalue weighted by Gasteiger charge is 2.32. The maximum absolute atomic E-state index is 11.6. The Balaban J connectivity index is 2.08. The van der Waals surface area contributed by atoms with E-state index in [0.717, 1.165) is 0 Å². The molecule has 0 aromatic rings. The van der Waals surface area contributed by atoms with E-state index in [1.807, 2.05) is 0 Å². The van der Waals surface area contributed by atoms with Gasteiger partial charge in [-0.2, -0.15) is 0 Å². The minimum atomic E-state index is -0.805. The number of hydroxylamine groups is 2. The first-order chi connectivity index (χ1) is 12.3. The number of carbonyl (C=O) groups is 6. The van der Waals surface area contributed by atoms with Crippen molar-refractivity contribution in [3.05, 3.63) is 0 Å². The monoisotopic (exact) mass is 370 g/mol. The molecule has 1 aliphatic rings. The molecule has 1 rings (SSSR count). The summed E-state index contributed by atoms with van der Waals surface area (Å²) in [4.78, 5) is 72.3. The molecule has 1 fully saturated rings. The number of nitrogens with zero attached hydrogens (tertiary/aromatic N) is 1. The van der Waals surface area contributed by atoms with Gasteiger partial charge in [-0.05, 0) is 0 Å². The van der Waals surface area contributed by atoms with Crippen molar-refractivity contribution in [3.8, 4) is 0 Å². The molecule has 0 unspecified atom stereocenters. The summed E-state index contributed by atoms with van der Waals surface area (Å²) in [7, 11) is 0. The molecule has 0 spiro atoms. The molecule has 0 saturated carbocycles. The lowest BCUT2D eigenvalue weighted by molar-refractivity contribution is -0.197. The second-order valence-corrected chi connectivity index (χ2v) is 5.48. The molecular weight excluding hydrogens is 348 g/mol. The van der Waals surface area contributed by atoms with Crippen molar-refractivity contribution in [1.29, 1.82) is 0 Å². The van der Waals surface area contributed by atoms with Gasteiger partial charge in [0.2, 0.25) is 17.7 Å². The minimum absolute atomic E-state index is 0.0133. The van der Waals surface area contributed by atoms with Crippen LogP contribution in [0.3, 0.4) is 0 Å². The number of hydrogen-bond donors (Lipinski definition) is 3. The lowest BCUT2D eigenvalue weighted by atomic mass is 10.3. The van der Waals surface area contributed by atoms with Crippen molar-refractivity contribution < 1.29 is 33.6 Å². The number of carbonyl (C=O) groups excluding carboxylic acids is 6. The Labute approximate surface area is 149 Å². The molecule has 1 heterocycles. The summed E-state index contributed by atoms with van der Waals surface area (Å²) in [6, 6.07) is 0. The molecule has 5 amide bonds. The van der Waals surface area contributed by atoms with Crippen LogP contribution in [-0.2, 0) is 33.6 Å². The molecule has 0 bridgehead atoms. The molecule has 0 aliphatic carbocycles. The lowest BCUT2D eigenvalue weighted by Gasteiger charge is -2.12. The molecule has 11 nitrogen and oxygen atoms in total. The minimum Gasteiger partial charge on any atom is -0.356 e. The van der Waals surface area contributed by atoms with Gasteiger partial charge < -0.3 is 20.8 Å². The Hall–Kier alpha value is -2.98. The molecule has 26 heavy (non-hydrogen) atoms. The molecule has 3 N–H and O–H groups in total. The van der Waals surface area contributed by atoms with Crippen LogP contribution in [0, 0.1) is 0 Å². The summed E-state index contributed by atoms with van der Waals surface area (Å²) < 4.78 is 0. The maximum atomic E-state index is 11.6. The van der Waals surface area contributed by atoms with Crippen molar-refractivity contribution >= 4 is 35.5 Å². The average Bonchev–Trinajstić information content (AvgIpc) is 2.86. The fourth-order valence-electron chi connectivity index (χ4n) is 1.95. The van der Waals surface area contributed by atoms with E-state index >= 15 is 0 Å². The number of imide groups is 1. The average molecular weight is 370 g/mol. The molecule has 1 saturated heterocycles. The number of nitrogens with one attached hydrogen (secondary N) is 3. The first-order valence-corrected chi connectivity index (χ1v) is 8.14. The van der Waals surface area contributed by atoms with Gasteiger partial charge in [0.25, 0.3) is 11.8 Å². The van der Waals surface area contributed by atoms with E-state index in [-0.39, 0.29) is 69.5 Å². The summed E-state index contributed by atoms with van der Waals surface area (Å²) >= 11 is 0. The Bertz CT molecular complexity index is 575. The van der Waals surface area contributed by atoms with Gasteiger partial charge in [0.1, 0.15) is 0 Å². The second-order valence-electron chi connectivity index (χ2n) is 5.48. The van der Waals surface area contributed by atoms with Crippen LogP contribution in [0.4, 0.5) is 0 Å². The van der Waals surface area contributed by atoms with Crippen molar-refractivity contribution in [2.75, 3.05) is 19.6 Å². The van der Waals surface area contributed by atoms with Crippen LogP contribution in [0.5, 0.6) is 0 Å². The lowest BCUT2D eigenvalue weighted by Crippen LogP contribution is -2.35. The molecule has 144 valence electrons. The Morgan fingerprint density at radius 2 is 1.31 bits per heavy atom. The SMILES string of the molecule is CC(=O)NCCC(=O)NCCC(=O)NCCC(=O)ON1C(=O)CCC1=O. The van der Waals surface area contributed by atoms with Gasteiger partial charge >= 0.3 is 5.97 Å². The van der Waals surface area contributed by atoms with E-state index in [1.165, 1.54) is 6.92 Å². The standard InChI is InChI=1S/C15H22N4O7/c1-10(20)16-7-4-11(21)17-8-5-12(22)18-9-6-15(25)26-19-13(23)2-3-14(19)24/h2-9H2,1H3,(H,16,20)(H,17,21)(H,18,22). The zero-order valence-electron chi connectivity index (χ0n) is 14.5. The van der Waals surface area contributed by atoms with Crippen LogP contribution in [0.2, 0.25) is 0 Å². The third kappa shape index (κ3) is 8.22. The van der Waals surface area contributed by atoms with Crippen molar-refractivity contribution in [2.45, 2.75) is 39.0 Å². The van der Waals surface area contributed by atoms with Crippen molar-refractivity contribution in [1.82, 2.24) is 21.0 Å². The topological polar surface area (TPSA) is 151 Å². The summed E-state index contributed by atoms with van der Waals surface area (Å²) in [5, 5.41) is 7.90. The third-order valence-electron chi connectivity index (χ3n) is 3.25. The molecule has 11 heteroatoms. The maximum Gasteiger partial charge on any atom is 0.334 e. The van der Waals surface area contributed by atoms with E-state index in [2.05, 4.69) is 20.8 Å². The van der Waals surface area contributed by atoms with Crippen LogP contribution >= 0.6 is 0 Å². The predicted molar refractivity (Wildman–Crippen MR) is 85.7 cm³/mol. The van der Waals surface area contributed by atoms with E-state index in [4.69, 9.17) is 0 Å². The van der Waals surface area contributed by atoms with Gasteiger partial charge in [0, 0.05) is 52.2 Å². The van der Waals surface area contributed by atoms with Crippen molar-refractivity contribution in [2.24, 2.45) is 0 Å². The zero-order valence-corrected chi connectivity index (χ0v) is 14.5. The number of hydrogen-bond acceptors (Lipinski definition) is 7. The highest BCUT2D eigenvalue weighted by molar-refractivity contribution is 6.01. The van der Waals surface area contributed by atoms with Crippen molar-refractivity contribution in [3.63, 3.8) is 0 Å². The first kappa shape index (κ1) is 21.1. The summed E-state index contributed by atoms with van der Waals surface area (Å²) in [5.41, 5.74) is 0. The van der Waals surface area contributed by atoms with Crippen LogP contribution < -0.4 is 16.0 Å². The molecular formula is C15H22N4O7. The molecule has 0 aromatic carbocycles. The summed E-state index contributed by atoms with van der Waals surface area (Å²) in [6.07, 6.45) is -0.0460. The highest BCUT2D eigenvalue weighted by atomic mass is 16.7. The Morgan fingerprint density at radius 1 is 0.846 bits per heavy atom. The smallest absolute Gasteiger partial charge is 0.334 e. The molecule has 0 radical (unpaired) electrons. The summed E-state index contributed by atoms with van der Waals surface area (Å²) in [6.45, 7) is 1.66. The number of amides is 5. The van der Waals surface area contributed by atoms with Crippen LogP contribution in [0.15, 0.2) is 0 Å². The molecule has 0 aromatic heterocycles. The normalized spacial score (nSPS) is 13.3. The first-order valence-electron chi connectivity index (χ1n) is 8.14. The fourth-order valence-corrected chi connectivity index (χ4v) is 1.95. The van der Waals surface area contributed by atoms with E-state index in [0.29, 0.717) is 5.06 Å². The Morgan fingerprint density at radius 3 is 1.81 bits per heavy atom. The predicted octanol–water partition coefficient (Wildman–Crippen LogP) is -1.87. The van der Waals surface area contributed by atoms with Gasteiger partial charge in [0.15, 0.2) is 0 Å². The second kappa shape index (κ2) is 10.8. The van der Waals surface area contributed by atoms with E-state index in [1.54, 1.807) is 0 Å². The molecule has 0 atom stereocenters. The fraction of sp³-hybridized carbons (Fsp3) is 0.600. The van der Waals surface area contributed by atoms with Gasteiger partial charge in [-0.1, -0.05) is 0 Å². The van der Waals surface area contributed by atoms with Gasteiger partial charge in [-0.15, -0.1) is 5.06 Å². The Kier molecular flexibility index (Phi) is 8.75. The van der Waals surface area contributed by atoms with Crippen LogP contribution in [-0.4, -0.2) is 60.2 Å². The van der Waals surface area contributed by atoms with Gasteiger partial charge in [0.05, 0.1) is 6.42 Å². The summed E-state index contributed by atoms with van der Waals surface area (Å²) in [5.74, 6) is -2.85. The van der Waals surface area contributed by atoms with Crippen LogP contribution in [0.1, 0.15) is 39.0 Å². The third-order valence-corrected chi connectivity index (χ3v) is 3.25. The quantitative estimate of drug-likeness (QED) is 0.381.